The number of aromatic nitrogens is 2. The number of benzene rings is 1. The monoisotopic (exact) mass is 506 g/mol. The van der Waals surface area contributed by atoms with E-state index < -0.39 is 0 Å². The van der Waals surface area contributed by atoms with Crippen LogP contribution >= 0.6 is 23.2 Å². The van der Waals surface area contributed by atoms with Crippen molar-refractivity contribution >= 4 is 45.5 Å². The summed E-state index contributed by atoms with van der Waals surface area (Å²) in [5.74, 6) is 1.05. The molecule has 0 unspecified atom stereocenters. The Morgan fingerprint density at radius 2 is 1.91 bits per heavy atom. The molecule has 1 saturated heterocycles. The van der Waals surface area contributed by atoms with Crippen molar-refractivity contribution in [2.45, 2.75) is 19.3 Å². The van der Waals surface area contributed by atoms with Crippen molar-refractivity contribution < 1.29 is 14.2 Å². The second kappa shape index (κ2) is 11.8. The Morgan fingerprint density at radius 1 is 1.15 bits per heavy atom. The van der Waals surface area contributed by atoms with E-state index in [9.17, 15) is 4.79 Å². The van der Waals surface area contributed by atoms with Gasteiger partial charge >= 0.3 is 0 Å². The van der Waals surface area contributed by atoms with Crippen molar-refractivity contribution in [1.82, 2.24) is 14.9 Å². The molecular weight excluding hydrogens is 479 g/mol. The first-order valence-corrected chi connectivity index (χ1v) is 12.1. The molecule has 0 aliphatic carbocycles. The third-order valence-corrected chi connectivity index (χ3v) is 6.31. The number of morpholine rings is 1. The lowest BCUT2D eigenvalue weighted by Gasteiger charge is -2.26. The van der Waals surface area contributed by atoms with E-state index in [1.807, 2.05) is 12.1 Å². The van der Waals surface area contributed by atoms with Crippen molar-refractivity contribution in [1.29, 1.82) is 0 Å². The van der Waals surface area contributed by atoms with Crippen LogP contribution in [0.3, 0.4) is 0 Å². The quantitative estimate of drug-likeness (QED) is 0.379. The van der Waals surface area contributed by atoms with Gasteiger partial charge in [0, 0.05) is 36.9 Å². The molecule has 0 radical (unpaired) electrons. The minimum Gasteiger partial charge on any atom is -0.493 e. The van der Waals surface area contributed by atoms with Gasteiger partial charge in [-0.1, -0.05) is 23.2 Å². The van der Waals surface area contributed by atoms with E-state index >= 15 is 0 Å². The average molecular weight is 507 g/mol. The van der Waals surface area contributed by atoms with Crippen LogP contribution in [0.4, 0.5) is 11.4 Å². The first kappa shape index (κ1) is 24.6. The molecule has 4 rings (SSSR count). The van der Waals surface area contributed by atoms with E-state index in [1.54, 1.807) is 7.11 Å². The molecule has 1 aliphatic heterocycles. The Morgan fingerprint density at radius 3 is 2.65 bits per heavy atom. The van der Waals surface area contributed by atoms with Crippen LogP contribution in [0.25, 0.3) is 10.9 Å². The lowest BCUT2D eigenvalue weighted by molar-refractivity contribution is 0.0370. The van der Waals surface area contributed by atoms with Crippen molar-refractivity contribution in [2.24, 2.45) is 0 Å². The van der Waals surface area contributed by atoms with Crippen LogP contribution in [0.2, 0.25) is 10.0 Å². The van der Waals surface area contributed by atoms with Crippen molar-refractivity contribution in [3.63, 3.8) is 0 Å². The third-order valence-electron chi connectivity index (χ3n) is 5.74. The van der Waals surface area contributed by atoms with Gasteiger partial charge < -0.3 is 24.5 Å². The Balaban J connectivity index is 1.49. The summed E-state index contributed by atoms with van der Waals surface area (Å²) in [5.41, 5.74) is 1.28. The lowest BCUT2D eigenvalue weighted by atomic mass is 10.1. The number of anilines is 2. The number of methoxy groups -OCH3 is 1. The summed E-state index contributed by atoms with van der Waals surface area (Å²) < 4.78 is 17.0. The smallest absolute Gasteiger partial charge is 0.250 e. The van der Waals surface area contributed by atoms with Crippen molar-refractivity contribution in [3.05, 3.63) is 51.0 Å². The van der Waals surface area contributed by atoms with Gasteiger partial charge in [0.25, 0.3) is 5.56 Å². The molecule has 0 saturated carbocycles. The highest BCUT2D eigenvalue weighted by Gasteiger charge is 2.16. The maximum absolute atomic E-state index is 12.5. The second-order valence-corrected chi connectivity index (χ2v) is 8.85. The van der Waals surface area contributed by atoms with Gasteiger partial charge in [-0.3, -0.25) is 14.7 Å². The highest BCUT2D eigenvalue weighted by atomic mass is 35.5. The number of unbranched alkanes of at least 4 members (excludes halogenated alkanes) is 2. The molecule has 10 heteroatoms. The fourth-order valence-corrected chi connectivity index (χ4v) is 4.43. The van der Waals surface area contributed by atoms with E-state index in [1.165, 1.54) is 18.5 Å². The maximum atomic E-state index is 12.5. The molecule has 8 nitrogen and oxygen atoms in total. The van der Waals surface area contributed by atoms with Crippen molar-refractivity contribution in [3.8, 4) is 11.5 Å². The van der Waals surface area contributed by atoms with Crippen LogP contribution in [-0.4, -0.2) is 61.4 Å². The molecule has 1 fully saturated rings. The predicted molar refractivity (Wildman–Crippen MR) is 135 cm³/mol. The van der Waals surface area contributed by atoms with Gasteiger partial charge in [0.2, 0.25) is 0 Å². The summed E-state index contributed by atoms with van der Waals surface area (Å²) in [6.45, 7) is 5.23. The number of nitrogens with one attached hydrogen (secondary N) is 2. The zero-order valence-electron chi connectivity index (χ0n) is 19.0. The summed E-state index contributed by atoms with van der Waals surface area (Å²) in [7, 11) is 1.58. The number of aromatic amines is 1. The van der Waals surface area contributed by atoms with Crippen LogP contribution < -0.4 is 20.3 Å². The molecular formula is C24H28Cl2N4O4. The highest BCUT2D eigenvalue weighted by Crippen LogP contribution is 2.39. The summed E-state index contributed by atoms with van der Waals surface area (Å²) in [4.78, 5) is 21.8. The van der Waals surface area contributed by atoms with E-state index in [4.69, 9.17) is 37.4 Å². The average Bonchev–Trinajstić information content (AvgIpc) is 2.84. The van der Waals surface area contributed by atoms with Gasteiger partial charge in [0.05, 0.1) is 53.9 Å². The number of hydrogen-bond donors (Lipinski definition) is 2. The largest absolute Gasteiger partial charge is 0.493 e. The highest BCUT2D eigenvalue weighted by molar-refractivity contribution is 6.39. The van der Waals surface area contributed by atoms with E-state index in [0.717, 1.165) is 57.5 Å². The fraction of sp³-hybridized carbons (Fsp3) is 0.417. The van der Waals surface area contributed by atoms with Crippen LogP contribution in [0.5, 0.6) is 11.5 Å². The van der Waals surface area contributed by atoms with E-state index in [-0.39, 0.29) is 5.56 Å². The molecule has 3 aromatic rings. The fourth-order valence-electron chi connectivity index (χ4n) is 3.97. The summed E-state index contributed by atoms with van der Waals surface area (Å²) in [6, 6.07) is 5.12. The molecule has 2 aromatic heterocycles. The number of hydrogen-bond acceptors (Lipinski definition) is 7. The Kier molecular flexibility index (Phi) is 8.50. The Labute approximate surface area is 208 Å². The van der Waals surface area contributed by atoms with Gasteiger partial charge in [-0.2, -0.15) is 0 Å². The minimum absolute atomic E-state index is 0.292. The molecule has 2 N–H and O–H groups in total. The van der Waals surface area contributed by atoms with Gasteiger partial charge in [-0.25, -0.2) is 0 Å². The van der Waals surface area contributed by atoms with Crippen LogP contribution in [0.1, 0.15) is 19.3 Å². The lowest BCUT2D eigenvalue weighted by Crippen LogP contribution is -2.36. The van der Waals surface area contributed by atoms with Crippen LogP contribution in [-0.2, 0) is 4.74 Å². The molecule has 0 amide bonds. The third kappa shape index (κ3) is 5.93. The number of pyridine rings is 2. The first-order chi connectivity index (χ1) is 16.6. The Hall–Kier alpha value is -2.52. The molecule has 0 bridgehead atoms. The number of fused-ring (bicyclic) bond motifs is 1. The van der Waals surface area contributed by atoms with Gasteiger partial charge in [0.1, 0.15) is 0 Å². The zero-order chi connectivity index (χ0) is 23.9. The van der Waals surface area contributed by atoms with Gasteiger partial charge in [0.15, 0.2) is 11.5 Å². The predicted octanol–water partition coefficient (Wildman–Crippen LogP) is 4.86. The molecule has 34 heavy (non-hydrogen) atoms. The summed E-state index contributed by atoms with van der Waals surface area (Å²) in [5, 5.41) is 4.61. The molecule has 1 aliphatic rings. The zero-order valence-corrected chi connectivity index (χ0v) is 20.5. The molecule has 1 aromatic carbocycles. The van der Waals surface area contributed by atoms with Crippen LogP contribution in [0, 0.1) is 0 Å². The molecule has 0 spiro atoms. The SMILES string of the molecule is COc1ccc2c(Nc3c(Cl)cncc3Cl)cc(=O)[nH]c2c1OCCCCCN1CCOCC1. The topological polar surface area (TPSA) is 88.7 Å². The summed E-state index contributed by atoms with van der Waals surface area (Å²) >= 11 is 12.5. The van der Waals surface area contributed by atoms with E-state index in [2.05, 4.69) is 20.2 Å². The molecule has 3 heterocycles. The molecule has 182 valence electrons. The van der Waals surface area contributed by atoms with Crippen molar-refractivity contribution in [2.75, 3.05) is 51.9 Å². The number of nitrogens with zero attached hydrogens (tertiary/aromatic N) is 2. The van der Waals surface area contributed by atoms with Gasteiger partial charge in [-0.05, 0) is 37.9 Å². The van der Waals surface area contributed by atoms with Crippen LogP contribution in [0.15, 0.2) is 35.4 Å². The number of ether oxygens (including phenoxy) is 3. The number of H-pyrrole nitrogens is 1. The Bertz CT molecular complexity index is 1160. The minimum atomic E-state index is -0.292. The first-order valence-electron chi connectivity index (χ1n) is 11.3. The summed E-state index contributed by atoms with van der Waals surface area (Å²) in [6.07, 6.45) is 6.03. The molecule has 0 atom stereocenters. The van der Waals surface area contributed by atoms with E-state index in [0.29, 0.717) is 45.0 Å². The number of halogens is 2. The normalized spacial score (nSPS) is 14.3. The standard InChI is InChI=1S/C24H28Cl2N4O4/c1-32-20-6-5-16-19(28-23-17(25)14-27-15-18(23)26)13-21(31)29-22(16)24(20)34-10-4-2-3-7-30-8-11-33-12-9-30/h5-6,13-15H,2-4,7-12H2,1H3,(H2,27,28,29,31). The maximum Gasteiger partial charge on any atom is 0.250 e. The number of rotatable bonds is 10. The second-order valence-electron chi connectivity index (χ2n) is 8.03. The van der Waals surface area contributed by atoms with Gasteiger partial charge in [-0.15, -0.1) is 0 Å².